The third kappa shape index (κ3) is 3.96. The molecule has 0 radical (unpaired) electrons. The first-order valence-electron chi connectivity index (χ1n) is 9.14. The van der Waals surface area contributed by atoms with E-state index in [0.717, 1.165) is 44.5 Å². The second-order valence-electron chi connectivity index (χ2n) is 7.15. The van der Waals surface area contributed by atoms with Gasteiger partial charge in [-0.25, -0.2) is 4.39 Å². The van der Waals surface area contributed by atoms with Crippen molar-refractivity contribution < 1.29 is 13.9 Å². The Labute approximate surface area is 143 Å². The number of nitriles is 1. The number of halogens is 1. The average molecular weight is 331 g/mol. The van der Waals surface area contributed by atoms with E-state index in [9.17, 15) is 4.39 Å². The largest absolute Gasteiger partial charge is 0.352 e. The summed E-state index contributed by atoms with van der Waals surface area (Å²) >= 11 is 0. The van der Waals surface area contributed by atoms with Crippen molar-refractivity contribution in [1.29, 1.82) is 5.26 Å². The molecule has 1 heterocycles. The predicted octanol–water partition coefficient (Wildman–Crippen LogP) is 4.76. The van der Waals surface area contributed by atoms with Gasteiger partial charge in [-0.3, -0.25) is 0 Å². The molecule has 0 aromatic heterocycles. The van der Waals surface area contributed by atoms with Gasteiger partial charge in [0, 0.05) is 11.8 Å². The highest BCUT2D eigenvalue weighted by Crippen LogP contribution is 2.39. The van der Waals surface area contributed by atoms with Gasteiger partial charge in [0.1, 0.15) is 11.9 Å². The van der Waals surface area contributed by atoms with Crippen LogP contribution in [0.25, 0.3) is 0 Å². The van der Waals surface area contributed by atoms with E-state index in [0.29, 0.717) is 17.8 Å². The molecular weight excluding hydrogens is 305 g/mol. The number of rotatable bonds is 4. The minimum atomic E-state index is -0.405. The monoisotopic (exact) mass is 331 g/mol. The molecule has 1 saturated carbocycles. The van der Waals surface area contributed by atoms with E-state index in [1.807, 2.05) is 12.1 Å². The van der Waals surface area contributed by atoms with Crippen molar-refractivity contribution in [1.82, 2.24) is 0 Å². The number of hydrogen-bond donors (Lipinski definition) is 0. The molecule has 3 nitrogen and oxygen atoms in total. The molecule has 1 aliphatic carbocycles. The lowest BCUT2D eigenvalue weighted by Gasteiger charge is -2.37. The summed E-state index contributed by atoms with van der Waals surface area (Å²) in [7, 11) is 0. The SMILES string of the molecule is CCCC1COC(C2CCC(c3ccc(C#N)c(F)c3)CC2)OC1. The van der Waals surface area contributed by atoms with Crippen LogP contribution in [-0.4, -0.2) is 19.5 Å². The van der Waals surface area contributed by atoms with E-state index in [2.05, 4.69) is 6.92 Å². The molecule has 1 aromatic carbocycles. The van der Waals surface area contributed by atoms with Crippen molar-refractivity contribution in [3.63, 3.8) is 0 Å². The maximum Gasteiger partial charge on any atom is 0.160 e. The van der Waals surface area contributed by atoms with Gasteiger partial charge < -0.3 is 9.47 Å². The third-order valence-corrected chi connectivity index (χ3v) is 5.43. The van der Waals surface area contributed by atoms with E-state index >= 15 is 0 Å². The summed E-state index contributed by atoms with van der Waals surface area (Å²) in [6.07, 6.45) is 6.44. The average Bonchev–Trinajstić information content (AvgIpc) is 2.63. The van der Waals surface area contributed by atoms with Gasteiger partial charge in [-0.2, -0.15) is 5.26 Å². The molecule has 1 aromatic rings. The molecule has 130 valence electrons. The molecule has 2 fully saturated rings. The highest BCUT2D eigenvalue weighted by molar-refractivity contribution is 5.34. The second kappa shape index (κ2) is 8.09. The van der Waals surface area contributed by atoms with Gasteiger partial charge in [0.05, 0.1) is 18.8 Å². The number of hydrogen-bond acceptors (Lipinski definition) is 3. The quantitative estimate of drug-likeness (QED) is 0.799. The molecule has 24 heavy (non-hydrogen) atoms. The number of nitrogens with zero attached hydrogens (tertiary/aromatic N) is 1. The molecule has 0 spiro atoms. The van der Waals surface area contributed by atoms with Crippen molar-refractivity contribution in [2.24, 2.45) is 11.8 Å². The molecule has 4 heteroatoms. The summed E-state index contributed by atoms with van der Waals surface area (Å²) in [4.78, 5) is 0. The molecule has 1 saturated heterocycles. The van der Waals surface area contributed by atoms with Gasteiger partial charge in [0.2, 0.25) is 0 Å². The van der Waals surface area contributed by atoms with Gasteiger partial charge in [0.25, 0.3) is 0 Å². The topological polar surface area (TPSA) is 42.2 Å². The Balaban J connectivity index is 1.51. The highest BCUT2D eigenvalue weighted by atomic mass is 19.1. The van der Waals surface area contributed by atoms with Crippen molar-refractivity contribution in [3.8, 4) is 6.07 Å². The maximum atomic E-state index is 13.8. The molecule has 0 bridgehead atoms. The van der Waals surface area contributed by atoms with Crippen LogP contribution in [0.2, 0.25) is 0 Å². The van der Waals surface area contributed by atoms with Gasteiger partial charge in [-0.05, 0) is 55.7 Å². The molecule has 3 rings (SSSR count). The summed E-state index contributed by atoms with van der Waals surface area (Å²) in [6.45, 7) is 3.83. The van der Waals surface area contributed by atoms with E-state index in [1.165, 1.54) is 18.9 Å². The first kappa shape index (κ1) is 17.4. The van der Waals surface area contributed by atoms with Crippen LogP contribution in [0.15, 0.2) is 18.2 Å². The van der Waals surface area contributed by atoms with Crippen molar-refractivity contribution in [2.75, 3.05) is 13.2 Å². The second-order valence-corrected chi connectivity index (χ2v) is 7.15. The summed E-state index contributed by atoms with van der Waals surface area (Å²) in [5, 5.41) is 8.83. The predicted molar refractivity (Wildman–Crippen MR) is 89.9 cm³/mol. The molecule has 0 amide bonds. The first-order valence-corrected chi connectivity index (χ1v) is 9.14. The van der Waals surface area contributed by atoms with Crippen LogP contribution in [0.1, 0.15) is 62.5 Å². The minimum Gasteiger partial charge on any atom is -0.352 e. The Hall–Kier alpha value is -1.44. The summed E-state index contributed by atoms with van der Waals surface area (Å²) in [5.41, 5.74) is 1.14. The van der Waals surface area contributed by atoms with Crippen LogP contribution in [0.4, 0.5) is 4.39 Å². The van der Waals surface area contributed by atoms with Crippen molar-refractivity contribution in [3.05, 3.63) is 35.1 Å². The van der Waals surface area contributed by atoms with Crippen LogP contribution in [-0.2, 0) is 9.47 Å². The Morgan fingerprint density at radius 2 is 1.88 bits per heavy atom. The Morgan fingerprint density at radius 3 is 2.46 bits per heavy atom. The highest BCUT2D eigenvalue weighted by Gasteiger charge is 2.32. The normalized spacial score (nSPS) is 30.7. The van der Waals surface area contributed by atoms with E-state index in [-0.39, 0.29) is 11.9 Å². The smallest absolute Gasteiger partial charge is 0.160 e. The molecule has 0 N–H and O–H groups in total. The lowest BCUT2D eigenvalue weighted by molar-refractivity contribution is -0.229. The fourth-order valence-electron chi connectivity index (χ4n) is 4.01. The third-order valence-electron chi connectivity index (χ3n) is 5.43. The van der Waals surface area contributed by atoms with Crippen LogP contribution in [0, 0.1) is 29.0 Å². The van der Waals surface area contributed by atoms with Crippen molar-refractivity contribution in [2.45, 2.75) is 57.7 Å². The zero-order valence-corrected chi connectivity index (χ0v) is 14.3. The zero-order chi connectivity index (χ0) is 16.9. The van der Waals surface area contributed by atoms with Gasteiger partial charge in [0.15, 0.2) is 6.29 Å². The molecule has 0 unspecified atom stereocenters. The fourth-order valence-corrected chi connectivity index (χ4v) is 4.01. The minimum absolute atomic E-state index is 0.0586. The summed E-state index contributed by atoms with van der Waals surface area (Å²) < 4.78 is 25.7. The Kier molecular flexibility index (Phi) is 5.86. The molecule has 0 atom stereocenters. The van der Waals surface area contributed by atoms with Gasteiger partial charge >= 0.3 is 0 Å². The van der Waals surface area contributed by atoms with Crippen molar-refractivity contribution >= 4 is 0 Å². The van der Waals surface area contributed by atoms with Crippen LogP contribution in [0.3, 0.4) is 0 Å². The van der Waals surface area contributed by atoms with Crippen LogP contribution < -0.4 is 0 Å². The maximum absolute atomic E-state index is 13.8. The number of benzene rings is 1. The molecule has 1 aliphatic heterocycles. The fraction of sp³-hybridized carbons (Fsp3) is 0.650. The first-order chi connectivity index (χ1) is 11.7. The van der Waals surface area contributed by atoms with Crippen LogP contribution in [0.5, 0.6) is 0 Å². The lowest BCUT2D eigenvalue weighted by Crippen LogP contribution is -2.38. The molecular formula is C20H26FNO2. The van der Waals surface area contributed by atoms with Crippen LogP contribution >= 0.6 is 0 Å². The Bertz CT molecular complexity index is 582. The Morgan fingerprint density at radius 1 is 1.17 bits per heavy atom. The van der Waals surface area contributed by atoms with E-state index < -0.39 is 5.82 Å². The standard InChI is InChI=1S/C20H26FNO2/c1-2-3-14-12-23-20(24-13-14)16-6-4-15(5-7-16)17-8-9-18(11-22)19(21)10-17/h8-10,14-16,20H,2-7,12-13H2,1H3. The van der Waals surface area contributed by atoms with E-state index in [1.54, 1.807) is 6.07 Å². The van der Waals surface area contributed by atoms with Gasteiger partial charge in [-0.1, -0.05) is 19.4 Å². The summed E-state index contributed by atoms with van der Waals surface area (Å²) in [5.74, 6) is 0.967. The number of ether oxygens (including phenoxy) is 2. The molecule has 2 aliphatic rings. The lowest BCUT2D eigenvalue weighted by atomic mass is 9.78. The zero-order valence-electron chi connectivity index (χ0n) is 14.3. The van der Waals surface area contributed by atoms with Gasteiger partial charge in [-0.15, -0.1) is 0 Å². The van der Waals surface area contributed by atoms with E-state index in [4.69, 9.17) is 14.7 Å². The summed E-state index contributed by atoms with van der Waals surface area (Å²) in [6, 6.07) is 6.91.